The normalized spacial score (nSPS) is 13.3. The maximum absolute atomic E-state index is 12.2. The zero-order chi connectivity index (χ0) is 18.0. The van der Waals surface area contributed by atoms with E-state index in [0.717, 1.165) is 19.3 Å². The number of carbonyl (C=O) groups is 2. The van der Waals surface area contributed by atoms with Gasteiger partial charge in [0.05, 0.1) is 9.77 Å². The third-order valence-electron chi connectivity index (χ3n) is 3.75. The summed E-state index contributed by atoms with van der Waals surface area (Å²) in [6.07, 6.45) is 3.04. The number of thiophene rings is 1. The highest BCUT2D eigenvalue weighted by Crippen LogP contribution is 2.30. The molecule has 2 amide bonds. The first kappa shape index (κ1) is 17.6. The number of aryl methyl sites for hydroxylation is 2. The molecule has 0 spiro atoms. The number of hydrogen-bond donors (Lipinski definition) is 3. The quantitative estimate of drug-likeness (QED) is 0.689. The van der Waals surface area contributed by atoms with Crippen LogP contribution in [0.2, 0.25) is 0 Å². The lowest BCUT2D eigenvalue weighted by molar-refractivity contribution is -0.114. The highest BCUT2D eigenvalue weighted by Gasteiger charge is 2.20. The van der Waals surface area contributed by atoms with Crippen molar-refractivity contribution >= 4 is 38.9 Å². The van der Waals surface area contributed by atoms with Crippen molar-refractivity contribution in [2.24, 2.45) is 0 Å². The minimum atomic E-state index is -3.89. The van der Waals surface area contributed by atoms with Crippen molar-refractivity contribution < 1.29 is 18.0 Å². The lowest BCUT2D eigenvalue weighted by Crippen LogP contribution is -2.41. The summed E-state index contributed by atoms with van der Waals surface area (Å²) >= 11 is 1.40. The fraction of sp³-hybridized carbons (Fsp3) is 0.250. The second-order valence-electron chi connectivity index (χ2n) is 5.68. The van der Waals surface area contributed by atoms with Crippen LogP contribution in [0.15, 0.2) is 35.2 Å². The van der Waals surface area contributed by atoms with Gasteiger partial charge in [-0.2, -0.15) is 0 Å². The van der Waals surface area contributed by atoms with E-state index in [1.807, 2.05) is 6.07 Å². The molecule has 7 nitrogen and oxygen atoms in total. The van der Waals surface area contributed by atoms with Gasteiger partial charge in [0, 0.05) is 17.5 Å². The third-order valence-corrected chi connectivity index (χ3v) is 6.25. The minimum absolute atomic E-state index is 0.0180. The number of carbonyl (C=O) groups excluding carboxylic acids is 2. The number of anilines is 1. The molecular weight excluding hydrogens is 362 g/mol. The molecule has 25 heavy (non-hydrogen) atoms. The molecule has 132 valence electrons. The van der Waals surface area contributed by atoms with Crippen LogP contribution in [0.25, 0.3) is 0 Å². The molecule has 0 saturated heterocycles. The minimum Gasteiger partial charge on any atom is -0.326 e. The topological polar surface area (TPSA) is 104 Å². The summed E-state index contributed by atoms with van der Waals surface area (Å²) in [6.45, 7) is 1.36. The first-order valence-corrected chi connectivity index (χ1v) is 9.96. The summed E-state index contributed by atoms with van der Waals surface area (Å²) < 4.78 is 24.5. The highest BCUT2D eigenvalue weighted by molar-refractivity contribution is 7.89. The number of sulfonamides is 1. The van der Waals surface area contributed by atoms with Gasteiger partial charge in [0.1, 0.15) is 0 Å². The summed E-state index contributed by atoms with van der Waals surface area (Å²) in [4.78, 5) is 26.9. The molecule has 2 aromatic rings. The first-order valence-electron chi connectivity index (χ1n) is 7.66. The van der Waals surface area contributed by atoms with E-state index in [2.05, 4.69) is 15.6 Å². The van der Waals surface area contributed by atoms with Gasteiger partial charge in [0.15, 0.2) is 0 Å². The molecular formula is C16H17N3O4S2. The SMILES string of the molecule is CC(=O)Nc1ccc(S(=O)(=O)NNC(=O)c2cc3c(s2)CCC3)cc1. The summed E-state index contributed by atoms with van der Waals surface area (Å²) in [5, 5.41) is 2.55. The van der Waals surface area contributed by atoms with E-state index in [1.165, 1.54) is 53.0 Å². The molecule has 0 unspecified atom stereocenters. The Morgan fingerprint density at radius 1 is 1.12 bits per heavy atom. The fourth-order valence-corrected chi connectivity index (χ4v) is 4.58. The second kappa shape index (κ2) is 6.95. The van der Waals surface area contributed by atoms with Crippen molar-refractivity contribution in [3.8, 4) is 0 Å². The molecule has 1 heterocycles. The van der Waals surface area contributed by atoms with Crippen LogP contribution in [0.1, 0.15) is 33.5 Å². The molecule has 3 rings (SSSR count). The Hall–Kier alpha value is -2.23. The van der Waals surface area contributed by atoms with E-state index in [-0.39, 0.29) is 10.8 Å². The Kier molecular flexibility index (Phi) is 4.89. The van der Waals surface area contributed by atoms with Crippen LogP contribution in [-0.2, 0) is 27.7 Å². The van der Waals surface area contributed by atoms with E-state index < -0.39 is 15.9 Å². The molecule has 0 radical (unpaired) electrons. The van der Waals surface area contributed by atoms with Gasteiger partial charge in [-0.15, -0.1) is 16.2 Å². The van der Waals surface area contributed by atoms with E-state index >= 15 is 0 Å². The van der Waals surface area contributed by atoms with Crippen LogP contribution in [0.3, 0.4) is 0 Å². The smallest absolute Gasteiger partial charge is 0.276 e. The molecule has 0 bridgehead atoms. The van der Waals surface area contributed by atoms with Crippen LogP contribution >= 0.6 is 11.3 Å². The van der Waals surface area contributed by atoms with Crippen LogP contribution in [0.4, 0.5) is 5.69 Å². The van der Waals surface area contributed by atoms with Gasteiger partial charge >= 0.3 is 0 Å². The van der Waals surface area contributed by atoms with Gasteiger partial charge in [-0.25, -0.2) is 8.42 Å². The summed E-state index contributed by atoms with van der Waals surface area (Å²) in [6, 6.07) is 7.46. The van der Waals surface area contributed by atoms with Gasteiger partial charge in [-0.1, -0.05) is 0 Å². The average molecular weight is 379 g/mol. The number of fused-ring (bicyclic) bond motifs is 1. The Balaban J connectivity index is 1.64. The number of amides is 2. The van der Waals surface area contributed by atoms with Crippen molar-refractivity contribution in [1.82, 2.24) is 10.3 Å². The van der Waals surface area contributed by atoms with Crippen molar-refractivity contribution in [2.75, 3.05) is 5.32 Å². The predicted octanol–water partition coefficient (Wildman–Crippen LogP) is 1.82. The molecule has 1 aromatic heterocycles. The summed E-state index contributed by atoms with van der Waals surface area (Å²) in [7, 11) is -3.89. The third kappa shape index (κ3) is 4.06. The molecule has 9 heteroatoms. The number of hydrazine groups is 1. The zero-order valence-electron chi connectivity index (χ0n) is 13.5. The molecule has 0 saturated carbocycles. The monoisotopic (exact) mass is 379 g/mol. The van der Waals surface area contributed by atoms with Crippen LogP contribution in [0.5, 0.6) is 0 Å². The molecule has 0 aliphatic heterocycles. The molecule has 1 aliphatic carbocycles. The van der Waals surface area contributed by atoms with E-state index in [4.69, 9.17) is 0 Å². The Morgan fingerprint density at radius 2 is 1.84 bits per heavy atom. The first-order chi connectivity index (χ1) is 11.8. The number of benzene rings is 1. The second-order valence-corrected chi connectivity index (χ2v) is 8.50. The standard InChI is InChI=1S/C16H17N3O4S2/c1-10(20)17-12-5-7-13(8-6-12)25(22,23)19-18-16(21)15-9-11-3-2-4-14(11)24-15/h5-9,19H,2-4H2,1H3,(H,17,20)(H,18,21). The van der Waals surface area contributed by atoms with E-state index in [0.29, 0.717) is 10.6 Å². The predicted molar refractivity (Wildman–Crippen MR) is 94.9 cm³/mol. The van der Waals surface area contributed by atoms with Crippen molar-refractivity contribution in [3.63, 3.8) is 0 Å². The fourth-order valence-electron chi connectivity index (χ4n) is 2.60. The van der Waals surface area contributed by atoms with Crippen LogP contribution in [0, 0.1) is 0 Å². The molecule has 1 aliphatic rings. The van der Waals surface area contributed by atoms with E-state index in [9.17, 15) is 18.0 Å². The van der Waals surface area contributed by atoms with Crippen molar-refractivity contribution in [2.45, 2.75) is 31.1 Å². The highest BCUT2D eigenvalue weighted by atomic mass is 32.2. The maximum Gasteiger partial charge on any atom is 0.276 e. The lowest BCUT2D eigenvalue weighted by atomic mass is 10.2. The Morgan fingerprint density at radius 3 is 2.48 bits per heavy atom. The van der Waals surface area contributed by atoms with Crippen LogP contribution < -0.4 is 15.6 Å². The Labute approximate surface area is 149 Å². The number of rotatable bonds is 5. The molecule has 0 fully saturated rings. The van der Waals surface area contributed by atoms with Crippen molar-refractivity contribution in [3.05, 3.63) is 45.6 Å². The largest absolute Gasteiger partial charge is 0.326 e. The summed E-state index contributed by atoms with van der Waals surface area (Å²) in [5.74, 6) is -0.721. The van der Waals surface area contributed by atoms with Gasteiger partial charge in [-0.05, 0) is 55.2 Å². The molecule has 3 N–H and O–H groups in total. The zero-order valence-corrected chi connectivity index (χ0v) is 15.1. The Bertz CT molecular complexity index is 896. The molecule has 0 atom stereocenters. The number of hydrogen-bond acceptors (Lipinski definition) is 5. The van der Waals surface area contributed by atoms with Gasteiger partial charge in [0.2, 0.25) is 5.91 Å². The number of nitrogens with one attached hydrogen (secondary N) is 3. The van der Waals surface area contributed by atoms with Gasteiger partial charge in [0.25, 0.3) is 15.9 Å². The molecule has 1 aromatic carbocycles. The maximum atomic E-state index is 12.2. The average Bonchev–Trinajstić information content (AvgIpc) is 3.14. The lowest BCUT2D eigenvalue weighted by Gasteiger charge is -2.08. The van der Waals surface area contributed by atoms with Crippen LogP contribution in [-0.4, -0.2) is 20.2 Å². The summed E-state index contributed by atoms with van der Waals surface area (Å²) in [5.41, 5.74) is 3.90. The van der Waals surface area contributed by atoms with Gasteiger partial charge < -0.3 is 5.32 Å². The van der Waals surface area contributed by atoms with Gasteiger partial charge in [-0.3, -0.25) is 15.0 Å². The van der Waals surface area contributed by atoms with E-state index in [1.54, 1.807) is 0 Å². The van der Waals surface area contributed by atoms with Crippen molar-refractivity contribution in [1.29, 1.82) is 0 Å².